The lowest BCUT2D eigenvalue weighted by molar-refractivity contribution is -0.116. The van der Waals surface area contributed by atoms with Gasteiger partial charge in [0.25, 0.3) is 0 Å². The normalized spacial score (nSPS) is 16.5. The summed E-state index contributed by atoms with van der Waals surface area (Å²) >= 11 is 7.69. The van der Waals surface area contributed by atoms with Crippen molar-refractivity contribution in [1.82, 2.24) is 14.8 Å². The third-order valence-electron chi connectivity index (χ3n) is 4.54. The van der Waals surface area contributed by atoms with E-state index in [-0.39, 0.29) is 11.8 Å². The Bertz CT molecular complexity index is 1120. The summed E-state index contributed by atoms with van der Waals surface area (Å²) in [6.07, 6.45) is 2.19. The maximum Gasteiger partial charge on any atom is 0.226 e. The Labute approximate surface area is 158 Å². The lowest BCUT2D eigenvalue weighted by atomic mass is 9.87. The van der Waals surface area contributed by atoms with Crippen molar-refractivity contribution in [1.29, 1.82) is 0 Å². The molecule has 0 bridgehead atoms. The Morgan fingerprint density at radius 3 is 2.92 bits per heavy atom. The highest BCUT2D eigenvalue weighted by molar-refractivity contribution is 7.20. The van der Waals surface area contributed by atoms with Crippen LogP contribution in [0.5, 0.6) is 0 Å². The van der Waals surface area contributed by atoms with Crippen LogP contribution in [0, 0.1) is 0 Å². The van der Waals surface area contributed by atoms with Gasteiger partial charge in [0, 0.05) is 22.9 Å². The molecule has 3 heterocycles. The lowest BCUT2D eigenvalue weighted by Gasteiger charge is -2.23. The molecule has 0 radical (unpaired) electrons. The van der Waals surface area contributed by atoms with E-state index in [0.717, 1.165) is 26.5 Å². The number of carbonyl (C=O) groups is 1. The molecule has 7 heteroatoms. The predicted molar refractivity (Wildman–Crippen MR) is 103 cm³/mol. The van der Waals surface area contributed by atoms with Crippen molar-refractivity contribution in [3.05, 3.63) is 70.9 Å². The third kappa shape index (κ3) is 2.50. The van der Waals surface area contributed by atoms with Gasteiger partial charge in [-0.05, 0) is 29.8 Å². The second-order valence-corrected chi connectivity index (χ2v) is 7.63. The van der Waals surface area contributed by atoms with E-state index in [0.29, 0.717) is 17.3 Å². The molecule has 4 aromatic rings. The van der Waals surface area contributed by atoms with Crippen molar-refractivity contribution < 1.29 is 4.79 Å². The molecule has 2 aromatic carbocycles. The maximum absolute atomic E-state index is 12.3. The van der Waals surface area contributed by atoms with E-state index >= 15 is 0 Å². The first-order valence-electron chi connectivity index (χ1n) is 8.18. The molecule has 0 aliphatic carbocycles. The van der Waals surface area contributed by atoms with E-state index in [1.165, 1.54) is 0 Å². The number of aromatic nitrogens is 3. The van der Waals surface area contributed by atoms with Crippen molar-refractivity contribution in [3.8, 4) is 5.13 Å². The molecule has 0 spiro atoms. The van der Waals surface area contributed by atoms with Crippen LogP contribution in [0.15, 0.2) is 54.7 Å². The molecule has 26 heavy (non-hydrogen) atoms. The first-order valence-corrected chi connectivity index (χ1v) is 9.37. The van der Waals surface area contributed by atoms with Crippen LogP contribution in [-0.2, 0) is 4.79 Å². The zero-order valence-corrected chi connectivity index (χ0v) is 15.1. The molecule has 5 nitrogen and oxygen atoms in total. The maximum atomic E-state index is 12.3. The second-order valence-electron chi connectivity index (χ2n) is 6.18. The van der Waals surface area contributed by atoms with Gasteiger partial charge in [-0.15, -0.1) is 0 Å². The van der Waals surface area contributed by atoms with E-state index in [1.807, 2.05) is 54.7 Å². The summed E-state index contributed by atoms with van der Waals surface area (Å²) in [6, 6.07) is 15.6. The standard InChI is InChI=1S/C19H13ClN4OS/c20-12-5-3-4-11(8-12)13-9-17(25)23-18-14(13)10-21-24(18)19-22-15-6-1-2-7-16(15)26-19/h1-8,10,13H,9H2,(H,23,25)/t13-/m0/s1. The Hall–Kier alpha value is -2.70. The number of nitrogens with one attached hydrogen (secondary N) is 1. The van der Waals surface area contributed by atoms with E-state index < -0.39 is 0 Å². The number of hydrogen-bond acceptors (Lipinski definition) is 4. The summed E-state index contributed by atoms with van der Waals surface area (Å²) in [5, 5.41) is 8.87. The first kappa shape index (κ1) is 15.5. The van der Waals surface area contributed by atoms with Crippen LogP contribution < -0.4 is 5.32 Å². The molecule has 0 saturated heterocycles. The van der Waals surface area contributed by atoms with Gasteiger partial charge in [0.2, 0.25) is 11.0 Å². The quantitative estimate of drug-likeness (QED) is 0.552. The number of anilines is 1. The fraction of sp³-hybridized carbons (Fsp3) is 0.105. The fourth-order valence-corrected chi connectivity index (χ4v) is 4.47. The van der Waals surface area contributed by atoms with Gasteiger partial charge >= 0.3 is 0 Å². The van der Waals surface area contributed by atoms with E-state index in [4.69, 9.17) is 11.6 Å². The molecular weight excluding hydrogens is 368 g/mol. The summed E-state index contributed by atoms with van der Waals surface area (Å²) in [5.74, 6) is 0.580. The molecule has 5 rings (SSSR count). The van der Waals surface area contributed by atoms with Crippen LogP contribution in [0.25, 0.3) is 15.3 Å². The molecular formula is C19H13ClN4OS. The molecule has 128 valence electrons. The molecule has 2 aromatic heterocycles. The highest BCUT2D eigenvalue weighted by Crippen LogP contribution is 2.39. The van der Waals surface area contributed by atoms with Crippen LogP contribution in [0.1, 0.15) is 23.5 Å². The van der Waals surface area contributed by atoms with Crippen molar-refractivity contribution in [3.63, 3.8) is 0 Å². The number of nitrogens with zero attached hydrogens (tertiary/aromatic N) is 3. The zero-order chi connectivity index (χ0) is 17.7. The molecule has 0 unspecified atom stereocenters. The number of rotatable bonds is 2. The van der Waals surface area contributed by atoms with Crippen molar-refractivity contribution >= 4 is 44.9 Å². The smallest absolute Gasteiger partial charge is 0.226 e. The molecule has 1 atom stereocenters. The van der Waals surface area contributed by atoms with Gasteiger partial charge in [-0.1, -0.05) is 47.2 Å². The predicted octanol–water partition coefficient (Wildman–Crippen LogP) is 4.61. The molecule has 1 aliphatic rings. The van der Waals surface area contributed by atoms with Crippen LogP contribution in [0.3, 0.4) is 0 Å². The van der Waals surface area contributed by atoms with Gasteiger partial charge in [0.15, 0.2) is 0 Å². The number of carbonyl (C=O) groups excluding carboxylic acids is 1. The van der Waals surface area contributed by atoms with E-state index in [1.54, 1.807) is 16.0 Å². The van der Waals surface area contributed by atoms with E-state index in [9.17, 15) is 4.79 Å². The zero-order valence-electron chi connectivity index (χ0n) is 13.5. The number of para-hydroxylation sites is 1. The Morgan fingerprint density at radius 2 is 2.08 bits per heavy atom. The number of halogens is 1. The lowest BCUT2D eigenvalue weighted by Crippen LogP contribution is -2.24. The molecule has 0 saturated carbocycles. The number of thiazole rings is 1. The van der Waals surface area contributed by atoms with Gasteiger partial charge in [-0.2, -0.15) is 9.78 Å². The minimum atomic E-state index is -0.0689. The number of benzene rings is 2. The third-order valence-corrected chi connectivity index (χ3v) is 5.78. The summed E-state index contributed by atoms with van der Waals surface area (Å²) < 4.78 is 2.80. The summed E-state index contributed by atoms with van der Waals surface area (Å²) in [5.41, 5.74) is 2.91. The fourth-order valence-electron chi connectivity index (χ4n) is 3.34. The minimum absolute atomic E-state index is 0.0367. The van der Waals surface area contributed by atoms with Gasteiger partial charge in [0.1, 0.15) is 5.82 Å². The average Bonchev–Trinajstić information content (AvgIpc) is 3.24. The Kier molecular flexibility index (Phi) is 3.55. The number of amides is 1. The summed E-state index contributed by atoms with van der Waals surface area (Å²) in [4.78, 5) is 17.0. The number of fused-ring (bicyclic) bond motifs is 2. The van der Waals surface area contributed by atoms with Crippen LogP contribution in [0.2, 0.25) is 5.02 Å². The van der Waals surface area contributed by atoms with Gasteiger partial charge in [-0.3, -0.25) is 4.79 Å². The van der Waals surface area contributed by atoms with Crippen molar-refractivity contribution in [2.75, 3.05) is 5.32 Å². The summed E-state index contributed by atoms with van der Waals surface area (Å²) in [6.45, 7) is 0. The topological polar surface area (TPSA) is 59.8 Å². The molecule has 1 amide bonds. The van der Waals surface area contributed by atoms with E-state index in [2.05, 4.69) is 15.4 Å². The van der Waals surface area contributed by atoms with Crippen LogP contribution in [0.4, 0.5) is 5.82 Å². The molecule has 0 fully saturated rings. The van der Waals surface area contributed by atoms with Gasteiger partial charge in [0.05, 0.1) is 16.4 Å². The van der Waals surface area contributed by atoms with Gasteiger partial charge < -0.3 is 5.32 Å². The largest absolute Gasteiger partial charge is 0.310 e. The Morgan fingerprint density at radius 1 is 1.19 bits per heavy atom. The highest BCUT2D eigenvalue weighted by atomic mass is 35.5. The highest BCUT2D eigenvalue weighted by Gasteiger charge is 2.31. The van der Waals surface area contributed by atoms with Crippen molar-refractivity contribution in [2.24, 2.45) is 0 Å². The first-order chi connectivity index (χ1) is 12.7. The molecule has 1 N–H and O–H groups in total. The molecule has 1 aliphatic heterocycles. The van der Waals surface area contributed by atoms with Crippen LogP contribution in [-0.4, -0.2) is 20.7 Å². The Balaban J connectivity index is 1.64. The summed E-state index contributed by atoms with van der Waals surface area (Å²) in [7, 11) is 0. The SMILES string of the molecule is O=C1C[C@@H](c2cccc(Cl)c2)c2cnn(-c3nc4ccccc4s3)c2N1. The monoisotopic (exact) mass is 380 g/mol. The second kappa shape index (κ2) is 5.93. The number of hydrogen-bond donors (Lipinski definition) is 1. The van der Waals surface area contributed by atoms with Crippen LogP contribution >= 0.6 is 22.9 Å². The van der Waals surface area contributed by atoms with Gasteiger partial charge in [-0.25, -0.2) is 4.98 Å². The average molecular weight is 381 g/mol. The van der Waals surface area contributed by atoms with Crippen molar-refractivity contribution in [2.45, 2.75) is 12.3 Å². The minimum Gasteiger partial charge on any atom is -0.310 e.